The minimum Gasteiger partial charge on any atom is -0.444 e. The number of hydrogen-bond donors (Lipinski definition) is 4. The number of nitrogens with two attached hydrogens (primary N) is 1. The van der Waals surface area contributed by atoms with E-state index in [-0.39, 0.29) is 19.4 Å². The van der Waals surface area contributed by atoms with E-state index in [1.165, 1.54) is 4.90 Å². The number of ether oxygens (including phenoxy) is 1. The molecule has 218 valence electrons. The van der Waals surface area contributed by atoms with Gasteiger partial charge in [0.25, 0.3) is 5.91 Å². The van der Waals surface area contributed by atoms with Gasteiger partial charge in [0.1, 0.15) is 17.7 Å². The van der Waals surface area contributed by atoms with Gasteiger partial charge in [-0.25, -0.2) is 4.79 Å². The molecule has 0 aliphatic heterocycles. The van der Waals surface area contributed by atoms with Crippen LogP contribution < -0.4 is 16.4 Å². The first kappa shape index (κ1) is 32.3. The van der Waals surface area contributed by atoms with Crippen molar-refractivity contribution in [1.29, 1.82) is 0 Å². The molecular weight excluding hydrogens is 512 g/mol. The summed E-state index contributed by atoms with van der Waals surface area (Å²) in [6.07, 6.45) is -0.379. The summed E-state index contributed by atoms with van der Waals surface area (Å²) >= 11 is 0. The van der Waals surface area contributed by atoms with E-state index in [9.17, 15) is 24.3 Å². The Labute approximate surface area is 236 Å². The van der Waals surface area contributed by atoms with Gasteiger partial charge in [-0.3, -0.25) is 14.4 Å². The minimum absolute atomic E-state index is 0.116. The van der Waals surface area contributed by atoms with Gasteiger partial charge < -0.3 is 31.1 Å². The Morgan fingerprint density at radius 1 is 1.02 bits per heavy atom. The first-order chi connectivity index (χ1) is 18.8. The van der Waals surface area contributed by atoms with Crippen molar-refractivity contribution in [2.75, 3.05) is 18.5 Å². The molecule has 0 aliphatic carbocycles. The number of benzene rings is 2. The molecule has 0 aromatic heterocycles. The lowest BCUT2D eigenvalue weighted by molar-refractivity contribution is -0.141. The summed E-state index contributed by atoms with van der Waals surface area (Å²) in [5.74, 6) is -1.81. The Morgan fingerprint density at radius 3 is 2.12 bits per heavy atom. The van der Waals surface area contributed by atoms with Crippen LogP contribution in [0.2, 0.25) is 0 Å². The number of anilines is 1. The van der Waals surface area contributed by atoms with Crippen LogP contribution in [0.5, 0.6) is 0 Å². The molecule has 0 saturated carbocycles. The summed E-state index contributed by atoms with van der Waals surface area (Å²) < 4.78 is 5.32. The molecule has 0 fully saturated rings. The number of aryl methyl sites for hydroxylation is 3. The fraction of sp³-hybridized carbons (Fsp3) is 0.467. The topological polar surface area (TPSA) is 151 Å². The molecule has 2 unspecified atom stereocenters. The molecule has 0 saturated heterocycles. The van der Waals surface area contributed by atoms with Gasteiger partial charge in [-0.1, -0.05) is 49.4 Å². The monoisotopic (exact) mass is 554 g/mol. The van der Waals surface area contributed by atoms with Gasteiger partial charge >= 0.3 is 6.09 Å². The maximum atomic E-state index is 14.0. The van der Waals surface area contributed by atoms with Crippen molar-refractivity contribution in [1.82, 2.24) is 10.2 Å². The zero-order valence-corrected chi connectivity index (χ0v) is 24.2. The number of aliphatic hydroxyl groups is 1. The SMILES string of the molecule is CCc1ccc(C(C(=O)Nc2c(C)cccc2C)N(CCO)C(=O)C(CCC(N)=O)NC(=O)OC(C)(C)C)cc1. The van der Waals surface area contributed by atoms with Crippen LogP contribution in [0, 0.1) is 13.8 Å². The van der Waals surface area contributed by atoms with E-state index in [2.05, 4.69) is 10.6 Å². The molecule has 0 bridgehead atoms. The Hall–Kier alpha value is -3.92. The smallest absolute Gasteiger partial charge is 0.408 e. The second kappa shape index (κ2) is 14.5. The number of para-hydroxylation sites is 1. The van der Waals surface area contributed by atoms with Crippen molar-refractivity contribution in [2.24, 2.45) is 5.73 Å². The van der Waals surface area contributed by atoms with E-state index in [1.54, 1.807) is 32.9 Å². The van der Waals surface area contributed by atoms with Crippen LogP contribution in [0.3, 0.4) is 0 Å². The molecule has 0 heterocycles. The first-order valence-electron chi connectivity index (χ1n) is 13.4. The molecule has 10 heteroatoms. The van der Waals surface area contributed by atoms with Crippen LogP contribution in [0.15, 0.2) is 42.5 Å². The van der Waals surface area contributed by atoms with E-state index in [1.807, 2.05) is 51.1 Å². The van der Waals surface area contributed by atoms with Crippen molar-refractivity contribution in [3.8, 4) is 0 Å². The third-order valence-electron chi connectivity index (χ3n) is 6.29. The highest BCUT2D eigenvalue weighted by molar-refractivity contribution is 6.00. The van der Waals surface area contributed by atoms with Crippen molar-refractivity contribution in [2.45, 2.75) is 78.5 Å². The van der Waals surface area contributed by atoms with Gasteiger partial charge in [0.05, 0.1) is 6.61 Å². The number of carbonyl (C=O) groups excluding carboxylic acids is 4. The van der Waals surface area contributed by atoms with E-state index in [0.29, 0.717) is 11.3 Å². The predicted octanol–water partition coefficient (Wildman–Crippen LogP) is 3.53. The zero-order valence-electron chi connectivity index (χ0n) is 24.2. The Balaban J connectivity index is 2.55. The van der Waals surface area contributed by atoms with Gasteiger partial charge in [0.15, 0.2) is 0 Å². The highest BCUT2D eigenvalue weighted by Gasteiger charge is 2.36. The Morgan fingerprint density at radius 2 is 1.62 bits per heavy atom. The maximum absolute atomic E-state index is 14.0. The van der Waals surface area contributed by atoms with Crippen molar-refractivity contribution in [3.05, 3.63) is 64.7 Å². The number of carbonyl (C=O) groups is 4. The van der Waals surface area contributed by atoms with E-state index >= 15 is 0 Å². The number of aliphatic hydroxyl groups excluding tert-OH is 1. The van der Waals surface area contributed by atoms with Crippen LogP contribution in [0.1, 0.15) is 68.8 Å². The molecule has 2 rings (SSSR count). The van der Waals surface area contributed by atoms with Gasteiger partial charge in [0, 0.05) is 18.7 Å². The zero-order chi connectivity index (χ0) is 30.0. The van der Waals surface area contributed by atoms with Crippen LogP contribution in [0.25, 0.3) is 0 Å². The largest absolute Gasteiger partial charge is 0.444 e. The number of rotatable bonds is 12. The lowest BCUT2D eigenvalue weighted by Crippen LogP contribution is -2.53. The van der Waals surface area contributed by atoms with Crippen LogP contribution in [-0.2, 0) is 25.5 Å². The second-order valence-electron chi connectivity index (χ2n) is 10.7. The molecular formula is C30H42N4O6. The summed E-state index contributed by atoms with van der Waals surface area (Å²) in [6, 6.07) is 10.5. The summed E-state index contributed by atoms with van der Waals surface area (Å²) in [5, 5.41) is 15.4. The Kier molecular flexibility index (Phi) is 11.7. The fourth-order valence-corrected chi connectivity index (χ4v) is 4.28. The second-order valence-corrected chi connectivity index (χ2v) is 10.7. The van der Waals surface area contributed by atoms with Crippen LogP contribution in [0.4, 0.5) is 10.5 Å². The van der Waals surface area contributed by atoms with Gasteiger partial charge in [-0.2, -0.15) is 0 Å². The molecule has 40 heavy (non-hydrogen) atoms. The molecule has 4 amide bonds. The van der Waals surface area contributed by atoms with Gasteiger partial charge in [-0.05, 0) is 69.7 Å². The summed E-state index contributed by atoms with van der Waals surface area (Å²) in [4.78, 5) is 53.3. The lowest BCUT2D eigenvalue weighted by atomic mass is 9.99. The normalized spacial score (nSPS) is 12.7. The molecule has 5 N–H and O–H groups in total. The molecule has 0 spiro atoms. The van der Waals surface area contributed by atoms with Crippen molar-refractivity contribution in [3.63, 3.8) is 0 Å². The summed E-state index contributed by atoms with van der Waals surface area (Å²) in [6.45, 7) is 10.1. The molecule has 10 nitrogen and oxygen atoms in total. The minimum atomic E-state index is -1.24. The average Bonchev–Trinajstić information content (AvgIpc) is 2.87. The standard InChI is InChI=1S/C30H42N4O6/c1-7-21-11-13-22(14-12-21)26(27(37)33-25-19(2)9-8-10-20(25)3)34(17-18-35)28(38)23(15-16-24(31)36)32-29(39)40-30(4,5)6/h8-14,23,26,35H,7,15-18H2,1-6H3,(H2,31,36)(H,32,39)(H,33,37). The predicted molar refractivity (Wildman–Crippen MR) is 153 cm³/mol. The molecule has 0 radical (unpaired) electrons. The number of primary amides is 1. The number of nitrogens with zero attached hydrogens (tertiary/aromatic N) is 1. The Bertz CT molecular complexity index is 1170. The molecule has 2 atom stereocenters. The van der Waals surface area contributed by atoms with E-state index < -0.39 is 48.1 Å². The van der Waals surface area contributed by atoms with Crippen molar-refractivity contribution < 1.29 is 29.0 Å². The summed E-state index contributed by atoms with van der Waals surface area (Å²) in [5.41, 5.74) is 8.39. The maximum Gasteiger partial charge on any atom is 0.408 e. The first-order valence-corrected chi connectivity index (χ1v) is 13.4. The fourth-order valence-electron chi connectivity index (χ4n) is 4.28. The number of amides is 4. The lowest BCUT2D eigenvalue weighted by Gasteiger charge is -2.34. The molecule has 2 aromatic carbocycles. The highest BCUT2D eigenvalue weighted by atomic mass is 16.6. The highest BCUT2D eigenvalue weighted by Crippen LogP contribution is 2.27. The van der Waals surface area contributed by atoms with Gasteiger partial charge in [-0.15, -0.1) is 0 Å². The van der Waals surface area contributed by atoms with E-state index in [4.69, 9.17) is 10.5 Å². The molecule has 0 aliphatic rings. The third kappa shape index (κ3) is 9.37. The number of alkyl carbamates (subject to hydrolysis) is 1. The van der Waals surface area contributed by atoms with E-state index in [0.717, 1.165) is 23.1 Å². The van der Waals surface area contributed by atoms with Crippen LogP contribution >= 0.6 is 0 Å². The third-order valence-corrected chi connectivity index (χ3v) is 6.29. The number of nitrogens with one attached hydrogen (secondary N) is 2. The quantitative estimate of drug-likeness (QED) is 0.315. The average molecular weight is 555 g/mol. The molecule has 2 aromatic rings. The van der Waals surface area contributed by atoms with Crippen molar-refractivity contribution >= 4 is 29.5 Å². The summed E-state index contributed by atoms with van der Waals surface area (Å²) in [7, 11) is 0. The number of hydrogen-bond acceptors (Lipinski definition) is 6. The van der Waals surface area contributed by atoms with Gasteiger partial charge in [0.2, 0.25) is 11.8 Å². The van der Waals surface area contributed by atoms with Crippen LogP contribution in [-0.4, -0.2) is 58.6 Å².